The third kappa shape index (κ3) is 1.76. The lowest BCUT2D eigenvalue weighted by Gasteiger charge is -2.24. The van der Waals surface area contributed by atoms with E-state index < -0.39 is 0 Å². The van der Waals surface area contributed by atoms with Gasteiger partial charge in [0.1, 0.15) is 0 Å². The number of hydrogen-bond acceptors (Lipinski definition) is 2. The molecule has 0 spiro atoms. The Morgan fingerprint density at radius 2 is 2.18 bits per heavy atom. The number of nitrogens with zero attached hydrogens (tertiary/aromatic N) is 2. The highest BCUT2D eigenvalue weighted by atomic mass is 15.3. The van der Waals surface area contributed by atoms with Crippen molar-refractivity contribution >= 4 is 17.0 Å². The minimum atomic E-state index is 0.362. The molecule has 1 fully saturated rings. The van der Waals surface area contributed by atoms with Gasteiger partial charge in [0.05, 0.1) is 11.2 Å². The van der Waals surface area contributed by atoms with E-state index in [1.807, 2.05) is 0 Å². The van der Waals surface area contributed by atoms with Gasteiger partial charge in [0, 0.05) is 18.0 Å². The van der Waals surface area contributed by atoms with Crippen molar-refractivity contribution in [2.24, 2.45) is 5.73 Å². The Morgan fingerprint density at radius 1 is 1.41 bits per heavy atom. The molecule has 1 saturated carbocycles. The quantitative estimate of drug-likeness (QED) is 0.857. The average Bonchev–Trinajstić information content (AvgIpc) is 2.66. The molecule has 0 saturated heterocycles. The van der Waals surface area contributed by atoms with Crippen molar-refractivity contribution in [1.29, 1.82) is 0 Å². The molecule has 3 heteroatoms. The first kappa shape index (κ1) is 10.5. The third-order valence-electron chi connectivity index (χ3n) is 3.38. The first-order valence-electron chi connectivity index (χ1n) is 6.18. The van der Waals surface area contributed by atoms with E-state index in [1.54, 1.807) is 0 Å². The molecule has 1 aliphatic carbocycles. The van der Waals surface area contributed by atoms with E-state index in [9.17, 15) is 0 Å². The van der Waals surface area contributed by atoms with Crippen molar-refractivity contribution in [3.63, 3.8) is 0 Å². The second-order valence-corrected chi connectivity index (χ2v) is 4.69. The van der Waals surface area contributed by atoms with Gasteiger partial charge in [-0.3, -0.25) is 4.68 Å². The standard InChI is InChI=1S/C14H17N3/c1-2-17-14-6-4-3-5-12(14)13(16-17)9-10-7-11(15)8-10/h3-6,9,11H,2,7-8,15H2,1H3. The zero-order valence-electron chi connectivity index (χ0n) is 10.1. The lowest BCUT2D eigenvalue weighted by molar-refractivity contribution is 0.546. The van der Waals surface area contributed by atoms with Crippen LogP contribution in [0.25, 0.3) is 17.0 Å². The molecule has 1 heterocycles. The predicted octanol–water partition coefficient (Wildman–Crippen LogP) is 2.56. The summed E-state index contributed by atoms with van der Waals surface area (Å²) < 4.78 is 2.06. The van der Waals surface area contributed by atoms with Crippen LogP contribution in [0.4, 0.5) is 0 Å². The van der Waals surface area contributed by atoms with Crippen molar-refractivity contribution in [3.8, 4) is 0 Å². The van der Waals surface area contributed by atoms with E-state index in [0.29, 0.717) is 6.04 Å². The van der Waals surface area contributed by atoms with Crippen LogP contribution in [-0.4, -0.2) is 15.8 Å². The second-order valence-electron chi connectivity index (χ2n) is 4.69. The van der Waals surface area contributed by atoms with E-state index in [4.69, 9.17) is 5.73 Å². The number of fused-ring (bicyclic) bond motifs is 1. The third-order valence-corrected chi connectivity index (χ3v) is 3.38. The summed E-state index contributed by atoms with van der Waals surface area (Å²) in [5.41, 5.74) is 9.52. The number of benzene rings is 1. The second kappa shape index (κ2) is 4.00. The highest BCUT2D eigenvalue weighted by Crippen LogP contribution is 2.29. The van der Waals surface area contributed by atoms with Gasteiger partial charge in [0.2, 0.25) is 0 Å². The minimum absolute atomic E-state index is 0.362. The number of aromatic nitrogens is 2. The predicted molar refractivity (Wildman–Crippen MR) is 70.6 cm³/mol. The Balaban J connectivity index is 2.07. The SMILES string of the molecule is CCn1nc(C=C2CC(N)C2)c2ccccc21. The normalized spacial score (nSPS) is 19.4. The summed E-state index contributed by atoms with van der Waals surface area (Å²) in [7, 11) is 0. The molecular weight excluding hydrogens is 210 g/mol. The molecule has 0 atom stereocenters. The van der Waals surface area contributed by atoms with Crippen LogP contribution >= 0.6 is 0 Å². The van der Waals surface area contributed by atoms with Crippen LogP contribution in [0.3, 0.4) is 0 Å². The van der Waals surface area contributed by atoms with Gasteiger partial charge in [0.15, 0.2) is 0 Å². The fourth-order valence-corrected chi connectivity index (χ4v) is 2.43. The van der Waals surface area contributed by atoms with Crippen LogP contribution in [0, 0.1) is 0 Å². The van der Waals surface area contributed by atoms with Crippen molar-refractivity contribution < 1.29 is 0 Å². The average molecular weight is 227 g/mol. The van der Waals surface area contributed by atoms with Crippen LogP contribution in [0.2, 0.25) is 0 Å². The molecule has 2 aromatic rings. The van der Waals surface area contributed by atoms with Crippen LogP contribution in [-0.2, 0) is 6.54 Å². The maximum atomic E-state index is 5.80. The number of rotatable bonds is 2. The van der Waals surface area contributed by atoms with E-state index in [0.717, 1.165) is 25.1 Å². The van der Waals surface area contributed by atoms with Crippen molar-refractivity contribution in [3.05, 3.63) is 35.5 Å². The van der Waals surface area contributed by atoms with E-state index in [1.165, 1.54) is 16.5 Å². The molecule has 2 N–H and O–H groups in total. The Morgan fingerprint density at radius 3 is 2.88 bits per heavy atom. The number of nitrogens with two attached hydrogens (primary N) is 1. The van der Waals surface area contributed by atoms with Gasteiger partial charge < -0.3 is 5.73 Å². The number of para-hydroxylation sites is 1. The molecule has 17 heavy (non-hydrogen) atoms. The molecule has 1 aromatic heterocycles. The number of aryl methyl sites for hydroxylation is 1. The fraction of sp³-hybridized carbons (Fsp3) is 0.357. The zero-order chi connectivity index (χ0) is 11.8. The molecule has 0 radical (unpaired) electrons. The Labute approximate surface area is 101 Å². The first-order valence-corrected chi connectivity index (χ1v) is 6.18. The Kier molecular flexibility index (Phi) is 2.48. The molecule has 1 aromatic carbocycles. The topological polar surface area (TPSA) is 43.8 Å². The lowest BCUT2D eigenvalue weighted by Crippen LogP contribution is -2.29. The summed E-state index contributed by atoms with van der Waals surface area (Å²) in [6, 6.07) is 8.76. The van der Waals surface area contributed by atoms with E-state index >= 15 is 0 Å². The first-order chi connectivity index (χ1) is 8.28. The van der Waals surface area contributed by atoms with Gasteiger partial charge in [0.25, 0.3) is 0 Å². The monoisotopic (exact) mass is 227 g/mol. The maximum Gasteiger partial charge on any atom is 0.0929 e. The van der Waals surface area contributed by atoms with Gasteiger partial charge in [-0.25, -0.2) is 0 Å². The summed E-state index contributed by atoms with van der Waals surface area (Å²) in [6.07, 6.45) is 4.25. The molecular formula is C14H17N3. The van der Waals surface area contributed by atoms with Crippen LogP contribution in [0.5, 0.6) is 0 Å². The molecule has 1 aliphatic rings. The van der Waals surface area contributed by atoms with Gasteiger partial charge in [-0.2, -0.15) is 5.10 Å². The Hall–Kier alpha value is -1.61. The lowest BCUT2D eigenvalue weighted by atomic mass is 9.86. The molecule has 0 amide bonds. The molecule has 0 bridgehead atoms. The van der Waals surface area contributed by atoms with Gasteiger partial charge in [-0.15, -0.1) is 0 Å². The van der Waals surface area contributed by atoms with Crippen LogP contribution < -0.4 is 5.73 Å². The van der Waals surface area contributed by atoms with Crippen LogP contribution in [0.15, 0.2) is 29.8 Å². The molecule has 0 unspecified atom stereocenters. The molecule has 0 aliphatic heterocycles. The molecule has 88 valence electrons. The van der Waals surface area contributed by atoms with Gasteiger partial charge in [-0.1, -0.05) is 23.8 Å². The number of hydrogen-bond donors (Lipinski definition) is 1. The Bertz CT molecular complexity index is 572. The van der Waals surface area contributed by atoms with Gasteiger partial charge >= 0.3 is 0 Å². The van der Waals surface area contributed by atoms with Gasteiger partial charge in [-0.05, 0) is 31.9 Å². The van der Waals surface area contributed by atoms with E-state index in [-0.39, 0.29) is 0 Å². The van der Waals surface area contributed by atoms with Crippen molar-refractivity contribution in [2.75, 3.05) is 0 Å². The van der Waals surface area contributed by atoms with E-state index in [2.05, 4.69) is 47.0 Å². The molecule has 3 rings (SSSR count). The highest BCUT2D eigenvalue weighted by molar-refractivity contribution is 5.87. The zero-order valence-corrected chi connectivity index (χ0v) is 10.1. The maximum absolute atomic E-state index is 5.80. The largest absolute Gasteiger partial charge is 0.327 e. The highest BCUT2D eigenvalue weighted by Gasteiger charge is 2.19. The minimum Gasteiger partial charge on any atom is -0.327 e. The summed E-state index contributed by atoms with van der Waals surface area (Å²) in [5, 5.41) is 5.89. The fourth-order valence-electron chi connectivity index (χ4n) is 2.43. The van der Waals surface area contributed by atoms with Crippen LogP contribution in [0.1, 0.15) is 25.5 Å². The summed E-state index contributed by atoms with van der Waals surface area (Å²) in [4.78, 5) is 0. The molecule has 3 nitrogen and oxygen atoms in total. The summed E-state index contributed by atoms with van der Waals surface area (Å²) in [6.45, 7) is 3.03. The summed E-state index contributed by atoms with van der Waals surface area (Å²) >= 11 is 0. The summed E-state index contributed by atoms with van der Waals surface area (Å²) in [5.74, 6) is 0. The van der Waals surface area contributed by atoms with Crippen molar-refractivity contribution in [2.45, 2.75) is 32.4 Å². The van der Waals surface area contributed by atoms with Crippen molar-refractivity contribution in [1.82, 2.24) is 9.78 Å². The smallest absolute Gasteiger partial charge is 0.0929 e.